The third kappa shape index (κ3) is 2.39. The number of furan rings is 1. The number of nitrogens with zero attached hydrogens (tertiary/aromatic N) is 1. The standard InChI is InChI=1S/C14H9BrFNO2/c15-10-3-9(6-17-7-10)14(18)13-5-8-4-11(16)1-2-12(8)19-13/h1-7,14,18H. The Kier molecular flexibility index (Phi) is 3.08. The molecule has 2 heterocycles. The minimum atomic E-state index is -0.930. The topological polar surface area (TPSA) is 46.3 Å². The molecule has 1 unspecified atom stereocenters. The van der Waals surface area contributed by atoms with E-state index in [9.17, 15) is 9.50 Å². The van der Waals surface area contributed by atoms with E-state index in [1.54, 1.807) is 30.6 Å². The van der Waals surface area contributed by atoms with Crippen LogP contribution in [0.4, 0.5) is 4.39 Å². The number of pyridine rings is 1. The number of aliphatic hydroxyl groups excluding tert-OH is 1. The van der Waals surface area contributed by atoms with Gasteiger partial charge in [-0.3, -0.25) is 4.98 Å². The number of benzene rings is 1. The number of rotatable bonds is 2. The van der Waals surface area contributed by atoms with Gasteiger partial charge in [0.25, 0.3) is 0 Å². The van der Waals surface area contributed by atoms with Crippen LogP contribution in [0.25, 0.3) is 11.0 Å². The molecule has 0 aliphatic heterocycles. The van der Waals surface area contributed by atoms with E-state index >= 15 is 0 Å². The van der Waals surface area contributed by atoms with Crippen molar-refractivity contribution in [3.63, 3.8) is 0 Å². The summed E-state index contributed by atoms with van der Waals surface area (Å²) in [5.41, 5.74) is 1.15. The highest BCUT2D eigenvalue weighted by atomic mass is 79.9. The molecule has 1 aromatic carbocycles. The van der Waals surface area contributed by atoms with Gasteiger partial charge in [0.05, 0.1) is 0 Å². The van der Waals surface area contributed by atoms with Crippen LogP contribution in [-0.2, 0) is 0 Å². The van der Waals surface area contributed by atoms with Crippen molar-refractivity contribution in [2.24, 2.45) is 0 Å². The maximum absolute atomic E-state index is 13.1. The molecule has 5 heteroatoms. The van der Waals surface area contributed by atoms with Gasteiger partial charge in [-0.05, 0) is 46.3 Å². The van der Waals surface area contributed by atoms with E-state index in [1.807, 2.05) is 0 Å². The van der Waals surface area contributed by atoms with E-state index in [4.69, 9.17) is 4.42 Å². The van der Waals surface area contributed by atoms with E-state index < -0.39 is 6.10 Å². The van der Waals surface area contributed by atoms with Crippen LogP contribution >= 0.6 is 15.9 Å². The second-order valence-electron chi connectivity index (χ2n) is 4.17. The van der Waals surface area contributed by atoms with Gasteiger partial charge >= 0.3 is 0 Å². The first kappa shape index (κ1) is 12.3. The number of fused-ring (bicyclic) bond motifs is 1. The third-order valence-corrected chi connectivity index (χ3v) is 3.24. The first-order valence-corrected chi connectivity index (χ1v) is 6.40. The van der Waals surface area contributed by atoms with Gasteiger partial charge in [-0.1, -0.05) is 0 Å². The van der Waals surface area contributed by atoms with Crippen LogP contribution in [0.2, 0.25) is 0 Å². The summed E-state index contributed by atoms with van der Waals surface area (Å²) in [6.45, 7) is 0. The lowest BCUT2D eigenvalue weighted by Crippen LogP contribution is -1.98. The first-order chi connectivity index (χ1) is 9.13. The Labute approximate surface area is 116 Å². The molecule has 19 heavy (non-hydrogen) atoms. The average molecular weight is 322 g/mol. The molecule has 1 N–H and O–H groups in total. The Balaban J connectivity index is 2.04. The summed E-state index contributed by atoms with van der Waals surface area (Å²) in [4.78, 5) is 3.99. The minimum absolute atomic E-state index is 0.335. The van der Waals surface area contributed by atoms with Gasteiger partial charge in [0.2, 0.25) is 0 Å². The van der Waals surface area contributed by atoms with Crippen molar-refractivity contribution >= 4 is 26.9 Å². The molecule has 0 fully saturated rings. The Bertz CT molecular complexity index is 741. The van der Waals surface area contributed by atoms with Crippen LogP contribution in [0.5, 0.6) is 0 Å². The lowest BCUT2D eigenvalue weighted by atomic mass is 10.1. The second-order valence-corrected chi connectivity index (χ2v) is 5.09. The predicted molar refractivity (Wildman–Crippen MR) is 72.2 cm³/mol. The molecule has 3 rings (SSSR count). The Morgan fingerprint density at radius 1 is 1.21 bits per heavy atom. The van der Waals surface area contributed by atoms with Gasteiger partial charge < -0.3 is 9.52 Å². The monoisotopic (exact) mass is 321 g/mol. The fraction of sp³-hybridized carbons (Fsp3) is 0.0714. The Morgan fingerprint density at radius 3 is 2.84 bits per heavy atom. The zero-order valence-corrected chi connectivity index (χ0v) is 11.3. The van der Waals surface area contributed by atoms with Crippen molar-refractivity contribution in [1.82, 2.24) is 4.98 Å². The largest absolute Gasteiger partial charge is 0.458 e. The summed E-state index contributed by atoms with van der Waals surface area (Å²) in [6, 6.07) is 7.62. The average Bonchev–Trinajstić information content (AvgIpc) is 2.80. The summed E-state index contributed by atoms with van der Waals surface area (Å²) >= 11 is 3.29. The van der Waals surface area contributed by atoms with Crippen LogP contribution in [0.15, 0.2) is 51.6 Å². The van der Waals surface area contributed by atoms with E-state index in [1.165, 1.54) is 12.1 Å². The zero-order valence-electron chi connectivity index (χ0n) is 9.68. The summed E-state index contributed by atoms with van der Waals surface area (Å²) < 4.78 is 19.4. The number of hydrogen-bond acceptors (Lipinski definition) is 3. The van der Waals surface area contributed by atoms with Gasteiger partial charge in [0, 0.05) is 27.8 Å². The highest BCUT2D eigenvalue weighted by Crippen LogP contribution is 2.29. The van der Waals surface area contributed by atoms with Crippen LogP contribution in [0, 0.1) is 5.82 Å². The number of halogens is 2. The summed E-state index contributed by atoms with van der Waals surface area (Å²) in [5, 5.41) is 10.9. The SMILES string of the molecule is OC(c1cncc(Br)c1)c1cc2cc(F)ccc2o1. The maximum atomic E-state index is 13.1. The van der Waals surface area contributed by atoms with Crippen molar-refractivity contribution in [3.05, 3.63) is 64.3 Å². The smallest absolute Gasteiger partial charge is 0.138 e. The van der Waals surface area contributed by atoms with Crippen molar-refractivity contribution < 1.29 is 13.9 Å². The van der Waals surface area contributed by atoms with Gasteiger partial charge in [0.15, 0.2) is 0 Å². The highest BCUT2D eigenvalue weighted by Gasteiger charge is 2.16. The van der Waals surface area contributed by atoms with Crippen molar-refractivity contribution in [3.8, 4) is 0 Å². The van der Waals surface area contributed by atoms with Crippen molar-refractivity contribution in [2.75, 3.05) is 0 Å². The van der Waals surface area contributed by atoms with Crippen LogP contribution in [-0.4, -0.2) is 10.1 Å². The van der Waals surface area contributed by atoms with Crippen molar-refractivity contribution in [1.29, 1.82) is 0 Å². The molecule has 0 aliphatic rings. The Morgan fingerprint density at radius 2 is 2.05 bits per heavy atom. The van der Waals surface area contributed by atoms with Gasteiger partial charge in [-0.25, -0.2) is 4.39 Å². The second kappa shape index (κ2) is 4.75. The molecule has 3 aromatic rings. The van der Waals surface area contributed by atoms with Crippen LogP contribution < -0.4 is 0 Å². The molecular weight excluding hydrogens is 313 g/mol. The third-order valence-electron chi connectivity index (χ3n) is 2.81. The molecule has 0 aliphatic carbocycles. The van der Waals surface area contributed by atoms with Gasteiger partial charge in [-0.2, -0.15) is 0 Å². The zero-order chi connectivity index (χ0) is 13.4. The van der Waals surface area contributed by atoms with E-state index in [0.29, 0.717) is 22.3 Å². The molecular formula is C14H9BrFNO2. The summed E-state index contributed by atoms with van der Waals surface area (Å²) in [7, 11) is 0. The molecule has 1 atom stereocenters. The number of hydrogen-bond donors (Lipinski definition) is 1. The van der Waals surface area contributed by atoms with Gasteiger partial charge in [-0.15, -0.1) is 0 Å². The van der Waals surface area contributed by atoms with Gasteiger partial charge in [0.1, 0.15) is 23.3 Å². The molecule has 0 saturated heterocycles. The molecule has 0 saturated carbocycles. The molecule has 0 radical (unpaired) electrons. The molecule has 0 bridgehead atoms. The quantitative estimate of drug-likeness (QED) is 0.780. The predicted octanol–water partition coefficient (Wildman–Crippen LogP) is 3.81. The maximum Gasteiger partial charge on any atom is 0.138 e. The lowest BCUT2D eigenvalue weighted by molar-refractivity contribution is 0.192. The lowest BCUT2D eigenvalue weighted by Gasteiger charge is -2.07. The van der Waals surface area contributed by atoms with Crippen LogP contribution in [0.1, 0.15) is 17.4 Å². The van der Waals surface area contributed by atoms with Crippen molar-refractivity contribution in [2.45, 2.75) is 6.10 Å². The molecule has 0 amide bonds. The summed E-state index contributed by atoms with van der Waals surface area (Å²) in [6.07, 6.45) is 2.26. The van der Waals surface area contributed by atoms with E-state index in [-0.39, 0.29) is 5.82 Å². The molecule has 96 valence electrons. The molecule has 0 spiro atoms. The van der Waals surface area contributed by atoms with Crippen LogP contribution in [0.3, 0.4) is 0 Å². The molecule has 2 aromatic heterocycles. The Hall–Kier alpha value is -1.72. The fourth-order valence-electron chi connectivity index (χ4n) is 1.91. The summed E-state index contributed by atoms with van der Waals surface area (Å²) in [5.74, 6) is 0.0268. The normalized spacial score (nSPS) is 12.8. The number of aliphatic hydroxyl groups is 1. The first-order valence-electron chi connectivity index (χ1n) is 5.61. The highest BCUT2D eigenvalue weighted by molar-refractivity contribution is 9.10. The van der Waals surface area contributed by atoms with E-state index in [2.05, 4.69) is 20.9 Å². The number of aromatic nitrogens is 1. The fourth-order valence-corrected chi connectivity index (χ4v) is 2.29. The molecule has 3 nitrogen and oxygen atoms in total. The van der Waals surface area contributed by atoms with E-state index in [0.717, 1.165) is 4.47 Å². The minimum Gasteiger partial charge on any atom is -0.458 e.